The molecule has 0 fully saturated rings. The van der Waals surface area contributed by atoms with E-state index in [2.05, 4.69) is 20.8 Å². The van der Waals surface area contributed by atoms with Crippen LogP contribution in [0.2, 0.25) is 0 Å². The summed E-state index contributed by atoms with van der Waals surface area (Å²) in [4.78, 5) is 0. The molecule has 0 unspecified atom stereocenters. The molecule has 0 aliphatic heterocycles. The molecule has 0 aliphatic carbocycles. The Labute approximate surface area is 153 Å². The summed E-state index contributed by atoms with van der Waals surface area (Å²) in [5.41, 5.74) is 0.908. The van der Waals surface area contributed by atoms with E-state index in [9.17, 15) is 4.39 Å². The zero-order valence-corrected chi connectivity index (χ0v) is 16.7. The number of halogens is 1. The molecule has 3 nitrogen and oxygen atoms in total. The van der Waals surface area contributed by atoms with Crippen LogP contribution in [0.4, 0.5) is 4.39 Å². The van der Waals surface area contributed by atoms with Crippen molar-refractivity contribution in [3.05, 3.63) is 29.6 Å². The van der Waals surface area contributed by atoms with Crippen LogP contribution in [-0.2, 0) is 4.74 Å². The summed E-state index contributed by atoms with van der Waals surface area (Å²) in [6.07, 6.45) is 4.19. The van der Waals surface area contributed by atoms with Crippen molar-refractivity contribution >= 4 is 0 Å². The fourth-order valence-corrected chi connectivity index (χ4v) is 3.11. The third kappa shape index (κ3) is 8.19. The van der Waals surface area contributed by atoms with Gasteiger partial charge in [-0.25, -0.2) is 4.39 Å². The maximum atomic E-state index is 13.6. The van der Waals surface area contributed by atoms with Crippen LogP contribution >= 0.6 is 0 Å². The van der Waals surface area contributed by atoms with E-state index >= 15 is 0 Å². The van der Waals surface area contributed by atoms with Gasteiger partial charge >= 0.3 is 0 Å². The second kappa shape index (κ2) is 12.3. The van der Waals surface area contributed by atoms with Gasteiger partial charge in [0.05, 0.1) is 32.8 Å². The first-order valence-electron chi connectivity index (χ1n) is 9.88. The lowest BCUT2D eigenvalue weighted by atomic mass is 10.2. The van der Waals surface area contributed by atoms with Crippen LogP contribution in [0, 0.1) is 12.7 Å². The number of nitrogens with zero attached hydrogens (tertiary/aromatic N) is 1. The summed E-state index contributed by atoms with van der Waals surface area (Å²) in [7, 11) is 0. The Morgan fingerprint density at radius 2 is 1.48 bits per heavy atom. The van der Waals surface area contributed by atoms with Crippen molar-refractivity contribution in [1.82, 2.24) is 0 Å². The van der Waals surface area contributed by atoms with Crippen LogP contribution in [0.5, 0.6) is 5.75 Å². The Hall–Kier alpha value is -1.13. The number of quaternary nitrogens is 1. The molecule has 25 heavy (non-hydrogen) atoms. The van der Waals surface area contributed by atoms with Gasteiger partial charge in [-0.1, -0.05) is 6.07 Å². The molecule has 0 N–H and O–H groups in total. The fourth-order valence-electron chi connectivity index (χ4n) is 3.11. The van der Waals surface area contributed by atoms with Crippen molar-refractivity contribution < 1.29 is 18.3 Å². The first kappa shape index (κ1) is 21.9. The van der Waals surface area contributed by atoms with Gasteiger partial charge in [0.2, 0.25) is 0 Å². The predicted octanol–water partition coefficient (Wildman–Crippen LogP) is 4.97. The van der Waals surface area contributed by atoms with Gasteiger partial charge in [0.15, 0.2) is 11.6 Å². The monoisotopic (exact) mass is 354 g/mol. The molecule has 0 saturated carbocycles. The van der Waals surface area contributed by atoms with Gasteiger partial charge in [0.1, 0.15) is 0 Å². The fraction of sp³-hybridized carbons (Fsp3) is 0.714. The molecule has 0 aliphatic rings. The highest BCUT2D eigenvalue weighted by molar-refractivity contribution is 5.28. The van der Waals surface area contributed by atoms with E-state index < -0.39 is 0 Å². The standard InChI is InChI=1S/C21H37FNO2/c1-5-23(6-2,7-3)14-8-9-15-24-16-10-11-17-25-21-13-12-19(4)18-20(21)22/h12-13,18H,5-11,14-17H2,1-4H3/q+1. The van der Waals surface area contributed by atoms with Crippen LogP contribution < -0.4 is 4.74 Å². The summed E-state index contributed by atoms with van der Waals surface area (Å²) in [6.45, 7) is 15.8. The SMILES string of the molecule is CC[N+](CC)(CC)CCCCOCCCCOc1ccc(C)cc1F. The number of benzene rings is 1. The van der Waals surface area contributed by atoms with E-state index in [-0.39, 0.29) is 5.82 Å². The summed E-state index contributed by atoms with van der Waals surface area (Å²) < 4.78 is 26.0. The minimum atomic E-state index is -0.281. The summed E-state index contributed by atoms with van der Waals surface area (Å²) in [6, 6.07) is 5.06. The van der Waals surface area contributed by atoms with Gasteiger partial charge < -0.3 is 14.0 Å². The van der Waals surface area contributed by atoms with E-state index in [0.717, 1.165) is 38.0 Å². The molecule has 1 rings (SSSR count). The highest BCUT2D eigenvalue weighted by Gasteiger charge is 2.19. The van der Waals surface area contributed by atoms with Crippen LogP contribution in [-0.4, -0.2) is 50.5 Å². The molecule has 0 heterocycles. The van der Waals surface area contributed by atoms with Crippen molar-refractivity contribution in [3.63, 3.8) is 0 Å². The van der Waals surface area contributed by atoms with Crippen LogP contribution in [0.1, 0.15) is 52.0 Å². The van der Waals surface area contributed by atoms with Crippen LogP contribution in [0.25, 0.3) is 0 Å². The molecule has 144 valence electrons. The highest BCUT2D eigenvalue weighted by atomic mass is 19.1. The van der Waals surface area contributed by atoms with Gasteiger partial charge in [0.25, 0.3) is 0 Å². The van der Waals surface area contributed by atoms with Gasteiger partial charge in [-0.15, -0.1) is 0 Å². The molecule has 0 spiro atoms. The molecule has 1 aromatic rings. The van der Waals surface area contributed by atoms with Gasteiger partial charge in [0, 0.05) is 13.2 Å². The number of hydrogen-bond donors (Lipinski definition) is 0. The zero-order chi connectivity index (χ0) is 18.5. The Kier molecular flexibility index (Phi) is 10.7. The third-order valence-electron chi connectivity index (χ3n) is 5.21. The number of aryl methyl sites for hydroxylation is 1. The second-order valence-electron chi connectivity index (χ2n) is 6.82. The lowest BCUT2D eigenvalue weighted by molar-refractivity contribution is -0.923. The molecule has 1 aromatic carbocycles. The second-order valence-corrected chi connectivity index (χ2v) is 6.82. The summed E-state index contributed by atoms with van der Waals surface area (Å²) in [5, 5.41) is 0. The predicted molar refractivity (Wildman–Crippen MR) is 103 cm³/mol. The van der Waals surface area contributed by atoms with Gasteiger partial charge in [-0.3, -0.25) is 0 Å². The quantitative estimate of drug-likeness (QED) is 0.347. The molecular formula is C21H37FNO2+. The Bertz CT molecular complexity index is 467. The molecule has 0 bridgehead atoms. The Morgan fingerprint density at radius 3 is 2.08 bits per heavy atom. The largest absolute Gasteiger partial charge is 0.491 e. The average molecular weight is 355 g/mol. The smallest absolute Gasteiger partial charge is 0.165 e. The van der Waals surface area contributed by atoms with Crippen molar-refractivity contribution in [3.8, 4) is 5.75 Å². The van der Waals surface area contributed by atoms with E-state index in [1.54, 1.807) is 6.07 Å². The maximum Gasteiger partial charge on any atom is 0.165 e. The molecule has 0 aromatic heterocycles. The van der Waals surface area contributed by atoms with Crippen molar-refractivity contribution in [1.29, 1.82) is 0 Å². The van der Waals surface area contributed by atoms with E-state index in [4.69, 9.17) is 9.47 Å². The first-order chi connectivity index (χ1) is 12.1. The molecule has 4 heteroatoms. The molecule has 0 saturated heterocycles. The normalized spacial score (nSPS) is 11.7. The van der Waals surface area contributed by atoms with Gasteiger partial charge in [-0.2, -0.15) is 0 Å². The maximum absolute atomic E-state index is 13.6. The zero-order valence-electron chi connectivity index (χ0n) is 16.7. The molecule has 0 amide bonds. The van der Waals surface area contributed by atoms with Crippen molar-refractivity contribution in [2.45, 2.75) is 53.4 Å². The van der Waals surface area contributed by atoms with Gasteiger partial charge in [-0.05, 0) is 71.1 Å². The number of hydrogen-bond acceptors (Lipinski definition) is 2. The van der Waals surface area contributed by atoms with E-state index in [0.29, 0.717) is 12.4 Å². The Morgan fingerprint density at radius 1 is 0.880 bits per heavy atom. The molecule has 0 atom stereocenters. The third-order valence-corrected chi connectivity index (χ3v) is 5.21. The molecular weight excluding hydrogens is 317 g/mol. The average Bonchev–Trinajstić information content (AvgIpc) is 2.62. The van der Waals surface area contributed by atoms with Crippen molar-refractivity contribution in [2.24, 2.45) is 0 Å². The number of ether oxygens (including phenoxy) is 2. The lowest BCUT2D eigenvalue weighted by Crippen LogP contribution is -2.48. The summed E-state index contributed by atoms with van der Waals surface area (Å²) in [5.74, 6) is 0.0628. The lowest BCUT2D eigenvalue weighted by Gasteiger charge is -2.35. The van der Waals surface area contributed by atoms with Crippen molar-refractivity contribution in [2.75, 3.05) is 46.0 Å². The highest BCUT2D eigenvalue weighted by Crippen LogP contribution is 2.18. The molecule has 0 radical (unpaired) electrons. The Balaban J connectivity index is 2.00. The number of unbranched alkanes of at least 4 members (excludes halogenated alkanes) is 2. The van der Waals surface area contributed by atoms with E-state index in [1.165, 1.54) is 43.1 Å². The van der Waals surface area contributed by atoms with E-state index in [1.807, 2.05) is 13.0 Å². The minimum absolute atomic E-state index is 0.281. The topological polar surface area (TPSA) is 18.5 Å². The number of rotatable bonds is 14. The minimum Gasteiger partial charge on any atom is -0.491 e. The van der Waals surface area contributed by atoms with Crippen LogP contribution in [0.3, 0.4) is 0 Å². The van der Waals surface area contributed by atoms with Crippen LogP contribution in [0.15, 0.2) is 18.2 Å². The first-order valence-corrected chi connectivity index (χ1v) is 9.88. The summed E-state index contributed by atoms with van der Waals surface area (Å²) >= 11 is 0.